The molecule has 1 amide bonds. The molecule has 0 radical (unpaired) electrons. The summed E-state index contributed by atoms with van der Waals surface area (Å²) in [5.74, 6) is 2.15. The first kappa shape index (κ1) is 26.7. The smallest absolute Gasteiger partial charge is 0.257 e. The number of hydrogen-bond donors (Lipinski definition) is 0. The zero-order chi connectivity index (χ0) is 27.2. The van der Waals surface area contributed by atoms with Gasteiger partial charge in [-0.2, -0.15) is 5.10 Å². The van der Waals surface area contributed by atoms with Crippen molar-refractivity contribution in [2.24, 2.45) is 5.10 Å². The molecule has 0 saturated carbocycles. The number of carbonyl (C=O) groups is 1. The number of carbonyl (C=O) groups excluding carboxylic acids is 1. The summed E-state index contributed by atoms with van der Waals surface area (Å²) in [4.78, 5) is 18.4. The lowest BCUT2D eigenvalue weighted by Gasteiger charge is -2.35. The minimum Gasteiger partial charge on any atom is -0.497 e. The molecular weight excluding hydrogens is 492 g/mol. The molecule has 8 nitrogen and oxygen atoms in total. The van der Waals surface area contributed by atoms with Crippen molar-refractivity contribution in [3.63, 3.8) is 0 Å². The van der Waals surface area contributed by atoms with E-state index in [-0.39, 0.29) is 11.9 Å². The second-order valence-corrected chi connectivity index (χ2v) is 9.88. The Kier molecular flexibility index (Phi) is 8.44. The standard InChI is InChI=1S/C31H36N4O4/c1-37-25-11-9-24(10-12-25)29-20-28(27-14-13-26(38-2)19-30(27)39-3)32-35(29)31(36)22-34-17-15-33(16-18-34)21-23-7-5-4-6-8-23/h4-14,19,29H,15-18,20-22H2,1-3H3/t29-/m0/s1. The number of ether oxygens (including phenoxy) is 3. The SMILES string of the molecule is COc1ccc([C@@H]2CC(c3ccc(OC)cc3OC)=NN2C(=O)CN2CCN(Cc3ccccc3)CC2)cc1. The third kappa shape index (κ3) is 6.24. The quantitative estimate of drug-likeness (QED) is 0.415. The van der Waals surface area contributed by atoms with Crippen LogP contribution < -0.4 is 14.2 Å². The third-order valence-corrected chi connectivity index (χ3v) is 7.46. The van der Waals surface area contributed by atoms with Crippen LogP contribution >= 0.6 is 0 Å². The van der Waals surface area contributed by atoms with Crippen LogP contribution in [-0.4, -0.2) is 80.5 Å². The van der Waals surface area contributed by atoms with Crippen molar-refractivity contribution >= 4 is 11.6 Å². The number of piperazine rings is 1. The summed E-state index contributed by atoms with van der Waals surface area (Å²) in [7, 11) is 4.91. The molecule has 204 valence electrons. The molecule has 2 heterocycles. The van der Waals surface area contributed by atoms with E-state index in [9.17, 15) is 4.79 Å². The summed E-state index contributed by atoms with van der Waals surface area (Å²) >= 11 is 0. The summed E-state index contributed by atoms with van der Waals surface area (Å²) in [5.41, 5.74) is 4.01. The van der Waals surface area contributed by atoms with Gasteiger partial charge in [-0.1, -0.05) is 42.5 Å². The Morgan fingerprint density at radius 3 is 2.15 bits per heavy atom. The van der Waals surface area contributed by atoms with E-state index in [1.54, 1.807) is 26.3 Å². The molecule has 0 unspecified atom stereocenters. The predicted molar refractivity (Wildman–Crippen MR) is 151 cm³/mol. The fourth-order valence-corrected chi connectivity index (χ4v) is 5.24. The Labute approximate surface area is 230 Å². The van der Waals surface area contributed by atoms with Crippen LogP contribution in [0.15, 0.2) is 77.9 Å². The molecule has 1 fully saturated rings. The molecule has 1 saturated heterocycles. The van der Waals surface area contributed by atoms with Crippen LogP contribution in [0.25, 0.3) is 0 Å². The Bertz CT molecular complexity index is 1290. The predicted octanol–water partition coefficient (Wildman–Crippen LogP) is 4.21. The van der Waals surface area contributed by atoms with Crippen molar-refractivity contribution in [2.75, 3.05) is 54.1 Å². The molecule has 0 spiro atoms. The van der Waals surface area contributed by atoms with E-state index in [4.69, 9.17) is 19.3 Å². The third-order valence-electron chi connectivity index (χ3n) is 7.46. The van der Waals surface area contributed by atoms with Gasteiger partial charge >= 0.3 is 0 Å². The fraction of sp³-hybridized carbons (Fsp3) is 0.355. The van der Waals surface area contributed by atoms with Crippen molar-refractivity contribution in [2.45, 2.75) is 19.0 Å². The number of hydrogen-bond acceptors (Lipinski definition) is 7. The maximum Gasteiger partial charge on any atom is 0.257 e. The maximum absolute atomic E-state index is 13.7. The second-order valence-electron chi connectivity index (χ2n) is 9.88. The van der Waals surface area contributed by atoms with Crippen molar-refractivity contribution in [1.82, 2.24) is 14.8 Å². The van der Waals surface area contributed by atoms with Gasteiger partial charge in [0.25, 0.3) is 5.91 Å². The number of nitrogens with zero attached hydrogens (tertiary/aromatic N) is 4. The van der Waals surface area contributed by atoms with Crippen molar-refractivity contribution in [3.05, 3.63) is 89.5 Å². The van der Waals surface area contributed by atoms with Gasteiger partial charge in [0.15, 0.2) is 0 Å². The normalized spacial score (nSPS) is 18.1. The van der Waals surface area contributed by atoms with E-state index >= 15 is 0 Å². The Morgan fingerprint density at radius 1 is 0.821 bits per heavy atom. The zero-order valence-corrected chi connectivity index (χ0v) is 22.9. The molecule has 0 bridgehead atoms. The lowest BCUT2D eigenvalue weighted by Crippen LogP contribution is -2.49. The van der Waals surface area contributed by atoms with Gasteiger partial charge < -0.3 is 14.2 Å². The van der Waals surface area contributed by atoms with Crippen LogP contribution in [0.3, 0.4) is 0 Å². The summed E-state index contributed by atoms with van der Waals surface area (Å²) in [6, 6.07) is 23.9. The first-order chi connectivity index (χ1) is 19.1. The highest BCUT2D eigenvalue weighted by Crippen LogP contribution is 2.36. The van der Waals surface area contributed by atoms with E-state index in [2.05, 4.69) is 34.1 Å². The summed E-state index contributed by atoms with van der Waals surface area (Å²) in [5, 5.41) is 6.53. The van der Waals surface area contributed by atoms with Crippen LogP contribution in [0.5, 0.6) is 17.2 Å². The van der Waals surface area contributed by atoms with Crippen LogP contribution in [0.1, 0.15) is 29.2 Å². The average Bonchev–Trinajstić information content (AvgIpc) is 3.44. The van der Waals surface area contributed by atoms with Gasteiger partial charge in [-0.15, -0.1) is 0 Å². The minimum absolute atomic E-state index is 0.00481. The lowest BCUT2D eigenvalue weighted by atomic mass is 9.97. The number of benzene rings is 3. The zero-order valence-electron chi connectivity index (χ0n) is 22.9. The molecule has 0 aromatic heterocycles. The lowest BCUT2D eigenvalue weighted by molar-refractivity contribution is -0.134. The minimum atomic E-state index is -0.204. The summed E-state index contributed by atoms with van der Waals surface area (Å²) in [6.07, 6.45) is 0.589. The summed E-state index contributed by atoms with van der Waals surface area (Å²) in [6.45, 7) is 4.84. The molecule has 3 aromatic rings. The van der Waals surface area contributed by atoms with E-state index in [1.165, 1.54) is 5.56 Å². The van der Waals surface area contributed by atoms with E-state index in [0.29, 0.717) is 24.5 Å². The molecule has 2 aliphatic rings. The largest absolute Gasteiger partial charge is 0.497 e. The highest BCUT2D eigenvalue weighted by molar-refractivity contribution is 6.05. The number of hydrazone groups is 1. The Balaban J connectivity index is 1.31. The molecule has 0 aliphatic carbocycles. The molecule has 3 aromatic carbocycles. The average molecular weight is 529 g/mol. The molecule has 39 heavy (non-hydrogen) atoms. The van der Waals surface area contributed by atoms with Crippen LogP contribution in [-0.2, 0) is 11.3 Å². The van der Waals surface area contributed by atoms with Crippen molar-refractivity contribution in [3.8, 4) is 17.2 Å². The van der Waals surface area contributed by atoms with Gasteiger partial charge in [-0.05, 0) is 35.4 Å². The van der Waals surface area contributed by atoms with Gasteiger partial charge in [0.05, 0.1) is 39.6 Å². The second kappa shape index (κ2) is 12.3. The first-order valence-corrected chi connectivity index (χ1v) is 13.3. The number of rotatable bonds is 9. The molecule has 2 aliphatic heterocycles. The Hall–Kier alpha value is -3.88. The van der Waals surface area contributed by atoms with E-state index < -0.39 is 0 Å². The molecular formula is C31H36N4O4. The Morgan fingerprint density at radius 2 is 1.49 bits per heavy atom. The van der Waals surface area contributed by atoms with Gasteiger partial charge in [0, 0.05) is 50.8 Å². The molecule has 1 atom stereocenters. The first-order valence-electron chi connectivity index (χ1n) is 13.3. The highest BCUT2D eigenvalue weighted by atomic mass is 16.5. The summed E-state index contributed by atoms with van der Waals surface area (Å²) < 4.78 is 16.4. The van der Waals surface area contributed by atoms with Gasteiger partial charge in [-0.25, -0.2) is 5.01 Å². The van der Waals surface area contributed by atoms with Gasteiger partial charge in [-0.3, -0.25) is 14.6 Å². The van der Waals surface area contributed by atoms with Crippen LogP contribution in [0.4, 0.5) is 0 Å². The van der Waals surface area contributed by atoms with E-state index in [0.717, 1.165) is 55.3 Å². The van der Waals surface area contributed by atoms with Crippen molar-refractivity contribution < 1.29 is 19.0 Å². The van der Waals surface area contributed by atoms with E-state index in [1.807, 2.05) is 48.5 Å². The van der Waals surface area contributed by atoms with Gasteiger partial charge in [0.2, 0.25) is 0 Å². The van der Waals surface area contributed by atoms with Crippen LogP contribution in [0, 0.1) is 0 Å². The molecule has 8 heteroatoms. The number of amides is 1. The molecule has 5 rings (SSSR count). The van der Waals surface area contributed by atoms with Crippen molar-refractivity contribution in [1.29, 1.82) is 0 Å². The van der Waals surface area contributed by atoms with Gasteiger partial charge in [0.1, 0.15) is 17.2 Å². The fourth-order valence-electron chi connectivity index (χ4n) is 5.24. The number of methoxy groups -OCH3 is 3. The molecule has 0 N–H and O–H groups in total. The highest BCUT2D eigenvalue weighted by Gasteiger charge is 2.35. The monoisotopic (exact) mass is 528 g/mol. The maximum atomic E-state index is 13.7. The van der Waals surface area contributed by atoms with Crippen LogP contribution in [0.2, 0.25) is 0 Å². The topological polar surface area (TPSA) is 66.8 Å².